The summed E-state index contributed by atoms with van der Waals surface area (Å²) in [5, 5.41) is 2.17. The molecule has 0 spiro atoms. The average molecular weight is 445 g/mol. The lowest BCUT2D eigenvalue weighted by atomic mass is 10.1. The molecule has 9 nitrogen and oxygen atoms in total. The number of nitrogens with one attached hydrogen (secondary N) is 1. The van der Waals surface area contributed by atoms with E-state index in [2.05, 4.69) is 10.2 Å². The van der Waals surface area contributed by atoms with Gasteiger partial charge in [0.15, 0.2) is 11.5 Å². The molecule has 0 saturated carbocycles. The molecule has 0 radical (unpaired) electrons. The molecule has 2 aliphatic rings. The summed E-state index contributed by atoms with van der Waals surface area (Å²) in [6.45, 7) is 2.46. The van der Waals surface area contributed by atoms with Gasteiger partial charge in [-0.25, -0.2) is 8.42 Å². The van der Waals surface area contributed by atoms with Crippen LogP contribution in [0, 0.1) is 0 Å². The molecule has 1 N–H and O–H groups in total. The standard InChI is InChI=1S/C21H23N3O6S/c1-29-18-6-3-14(11-19(18)30-2)13-23-7-9-24(10-8-23)31(27,28)15-4-5-16-17(12-15)21(26)22-20(16)25/h3-6,11-12H,7-10,13H2,1-2H3,(H,22,25,26). The Morgan fingerprint density at radius 1 is 0.871 bits per heavy atom. The number of sulfonamides is 1. The quantitative estimate of drug-likeness (QED) is 0.664. The first-order valence-electron chi connectivity index (χ1n) is 9.76. The summed E-state index contributed by atoms with van der Waals surface area (Å²) in [6, 6.07) is 9.77. The minimum absolute atomic E-state index is 0.0180. The second-order valence-corrected chi connectivity index (χ2v) is 9.30. The van der Waals surface area contributed by atoms with E-state index >= 15 is 0 Å². The molecule has 0 unspecified atom stereocenters. The Bertz CT molecular complexity index is 1140. The van der Waals surface area contributed by atoms with Crippen LogP contribution >= 0.6 is 0 Å². The maximum absolute atomic E-state index is 13.1. The van der Waals surface area contributed by atoms with Crippen LogP contribution in [0.5, 0.6) is 11.5 Å². The van der Waals surface area contributed by atoms with Crippen molar-refractivity contribution >= 4 is 21.8 Å². The summed E-state index contributed by atoms with van der Waals surface area (Å²) in [6.07, 6.45) is 0. The first-order valence-corrected chi connectivity index (χ1v) is 11.2. The number of carbonyl (C=O) groups excluding carboxylic acids is 2. The third-order valence-electron chi connectivity index (χ3n) is 5.53. The molecule has 0 aromatic heterocycles. The van der Waals surface area contributed by atoms with Crippen molar-refractivity contribution < 1.29 is 27.5 Å². The lowest BCUT2D eigenvalue weighted by molar-refractivity contribution is 0.0879. The van der Waals surface area contributed by atoms with Crippen molar-refractivity contribution in [3.63, 3.8) is 0 Å². The lowest BCUT2D eigenvalue weighted by Gasteiger charge is -2.34. The number of hydrogen-bond acceptors (Lipinski definition) is 7. The third-order valence-corrected chi connectivity index (χ3v) is 7.43. The number of amides is 2. The number of nitrogens with zero attached hydrogens (tertiary/aromatic N) is 2. The monoisotopic (exact) mass is 445 g/mol. The highest BCUT2D eigenvalue weighted by molar-refractivity contribution is 7.89. The van der Waals surface area contributed by atoms with Gasteiger partial charge in [-0.15, -0.1) is 0 Å². The molecule has 164 valence electrons. The molecule has 1 saturated heterocycles. The Hall–Kier alpha value is -2.95. The summed E-state index contributed by atoms with van der Waals surface area (Å²) in [5.74, 6) is 0.233. The molecular weight excluding hydrogens is 422 g/mol. The van der Waals surface area contributed by atoms with Gasteiger partial charge < -0.3 is 9.47 Å². The van der Waals surface area contributed by atoms with E-state index in [0.29, 0.717) is 44.2 Å². The predicted octanol–water partition coefficient (Wildman–Crippen LogP) is 1.09. The molecule has 1 fully saturated rings. The molecular formula is C21H23N3O6S. The molecule has 2 aromatic carbocycles. The van der Waals surface area contributed by atoms with Gasteiger partial charge in [-0.2, -0.15) is 4.31 Å². The van der Waals surface area contributed by atoms with Crippen LogP contribution in [0.15, 0.2) is 41.3 Å². The van der Waals surface area contributed by atoms with Crippen LogP contribution in [0.25, 0.3) is 0 Å². The van der Waals surface area contributed by atoms with E-state index in [4.69, 9.17) is 9.47 Å². The Labute approximate surface area is 180 Å². The molecule has 31 heavy (non-hydrogen) atoms. The minimum atomic E-state index is -3.76. The van der Waals surface area contributed by atoms with Crippen LogP contribution in [0.1, 0.15) is 26.3 Å². The largest absolute Gasteiger partial charge is 0.493 e. The molecule has 2 aliphatic heterocycles. The van der Waals surface area contributed by atoms with Gasteiger partial charge in [0.05, 0.1) is 30.2 Å². The lowest BCUT2D eigenvalue weighted by Crippen LogP contribution is -2.48. The van der Waals surface area contributed by atoms with Crippen molar-refractivity contribution in [1.82, 2.24) is 14.5 Å². The fourth-order valence-electron chi connectivity index (χ4n) is 3.82. The van der Waals surface area contributed by atoms with E-state index in [1.165, 1.54) is 22.5 Å². The molecule has 0 aliphatic carbocycles. The summed E-state index contributed by atoms with van der Waals surface area (Å²) in [7, 11) is -0.589. The number of fused-ring (bicyclic) bond motifs is 1. The Morgan fingerprint density at radius 2 is 1.55 bits per heavy atom. The van der Waals surface area contributed by atoms with Gasteiger partial charge in [-0.1, -0.05) is 6.07 Å². The van der Waals surface area contributed by atoms with Gasteiger partial charge in [-0.3, -0.25) is 19.8 Å². The molecule has 2 amide bonds. The summed E-state index contributed by atoms with van der Waals surface area (Å²) in [4.78, 5) is 25.7. The van der Waals surface area contributed by atoms with Gasteiger partial charge in [0, 0.05) is 32.7 Å². The van der Waals surface area contributed by atoms with Crippen molar-refractivity contribution in [3.05, 3.63) is 53.1 Å². The predicted molar refractivity (Wildman–Crippen MR) is 112 cm³/mol. The Morgan fingerprint density at radius 3 is 2.23 bits per heavy atom. The molecule has 0 bridgehead atoms. The number of rotatable bonds is 6. The zero-order valence-electron chi connectivity index (χ0n) is 17.3. The van der Waals surface area contributed by atoms with Crippen LogP contribution < -0.4 is 14.8 Å². The van der Waals surface area contributed by atoms with E-state index in [9.17, 15) is 18.0 Å². The maximum Gasteiger partial charge on any atom is 0.258 e. The van der Waals surface area contributed by atoms with Gasteiger partial charge in [0.25, 0.3) is 11.8 Å². The van der Waals surface area contributed by atoms with E-state index < -0.39 is 21.8 Å². The minimum Gasteiger partial charge on any atom is -0.493 e. The normalized spacial score (nSPS) is 17.4. The number of hydrogen-bond donors (Lipinski definition) is 1. The number of carbonyl (C=O) groups is 2. The summed E-state index contributed by atoms with van der Waals surface area (Å²) < 4.78 is 38.1. The van der Waals surface area contributed by atoms with Crippen LogP contribution in [0.4, 0.5) is 0 Å². The first-order chi connectivity index (χ1) is 14.8. The SMILES string of the molecule is COc1ccc(CN2CCN(S(=O)(=O)c3ccc4c(c3)C(=O)NC4=O)CC2)cc1OC. The molecule has 10 heteroatoms. The van der Waals surface area contributed by atoms with Crippen molar-refractivity contribution in [1.29, 1.82) is 0 Å². The van der Waals surface area contributed by atoms with Crippen LogP contribution in [-0.4, -0.2) is 69.8 Å². The fraction of sp³-hybridized carbons (Fsp3) is 0.333. The number of piperazine rings is 1. The number of methoxy groups -OCH3 is 2. The smallest absolute Gasteiger partial charge is 0.258 e. The Kier molecular flexibility index (Phi) is 5.69. The maximum atomic E-state index is 13.1. The zero-order chi connectivity index (χ0) is 22.2. The van der Waals surface area contributed by atoms with Gasteiger partial charge in [0.1, 0.15) is 0 Å². The second kappa shape index (κ2) is 8.29. The van der Waals surface area contributed by atoms with Crippen molar-refractivity contribution in [2.45, 2.75) is 11.4 Å². The van der Waals surface area contributed by atoms with E-state index in [-0.39, 0.29) is 16.0 Å². The highest BCUT2D eigenvalue weighted by atomic mass is 32.2. The molecule has 2 aromatic rings. The van der Waals surface area contributed by atoms with Crippen LogP contribution in [-0.2, 0) is 16.6 Å². The molecule has 4 rings (SSSR count). The molecule has 0 atom stereocenters. The third kappa shape index (κ3) is 4.01. The molecule has 2 heterocycles. The summed E-state index contributed by atoms with van der Waals surface area (Å²) in [5.41, 5.74) is 1.34. The van der Waals surface area contributed by atoms with E-state index in [1.807, 2.05) is 18.2 Å². The van der Waals surface area contributed by atoms with Crippen molar-refractivity contribution in [3.8, 4) is 11.5 Å². The van der Waals surface area contributed by atoms with E-state index in [1.54, 1.807) is 14.2 Å². The van der Waals surface area contributed by atoms with Crippen molar-refractivity contribution in [2.24, 2.45) is 0 Å². The number of imide groups is 1. The topological polar surface area (TPSA) is 105 Å². The highest BCUT2D eigenvalue weighted by Gasteiger charge is 2.32. The van der Waals surface area contributed by atoms with Gasteiger partial charge >= 0.3 is 0 Å². The second-order valence-electron chi connectivity index (χ2n) is 7.36. The van der Waals surface area contributed by atoms with E-state index in [0.717, 1.165) is 5.56 Å². The van der Waals surface area contributed by atoms with Crippen LogP contribution in [0.3, 0.4) is 0 Å². The highest BCUT2D eigenvalue weighted by Crippen LogP contribution is 2.28. The van der Waals surface area contributed by atoms with Crippen LogP contribution in [0.2, 0.25) is 0 Å². The van der Waals surface area contributed by atoms with Gasteiger partial charge in [0.2, 0.25) is 10.0 Å². The Balaban J connectivity index is 1.43. The van der Waals surface area contributed by atoms with Crippen molar-refractivity contribution in [2.75, 3.05) is 40.4 Å². The first kappa shape index (κ1) is 21.3. The fourth-order valence-corrected chi connectivity index (χ4v) is 5.27. The average Bonchev–Trinajstić information content (AvgIpc) is 3.07. The number of ether oxygens (including phenoxy) is 2. The zero-order valence-corrected chi connectivity index (χ0v) is 18.1. The summed E-state index contributed by atoms with van der Waals surface area (Å²) >= 11 is 0. The van der Waals surface area contributed by atoms with Gasteiger partial charge in [-0.05, 0) is 35.9 Å². The number of benzene rings is 2.